The summed E-state index contributed by atoms with van der Waals surface area (Å²) in [4.78, 5) is 15.5. The van der Waals surface area contributed by atoms with Crippen LogP contribution >= 0.6 is 24.0 Å². The van der Waals surface area contributed by atoms with E-state index in [1.54, 1.807) is 12.1 Å². The second-order valence-electron chi connectivity index (χ2n) is 4.71. The average Bonchev–Trinajstić information content (AvgIpc) is 2.45. The molecule has 1 atom stereocenters. The maximum atomic E-state index is 11.0. The molecule has 0 heterocycles. The summed E-state index contributed by atoms with van der Waals surface area (Å²) < 4.78 is 0. The van der Waals surface area contributed by atoms with Gasteiger partial charge in [-0.15, -0.1) is 24.0 Å². The Labute approximate surface area is 143 Å². The van der Waals surface area contributed by atoms with Crippen molar-refractivity contribution in [2.24, 2.45) is 10.7 Å². The van der Waals surface area contributed by atoms with E-state index in [1.807, 2.05) is 19.1 Å². The molecule has 6 heteroatoms. The highest BCUT2D eigenvalue weighted by Crippen LogP contribution is 2.05. The Kier molecular flexibility index (Phi) is 9.77. The number of rotatable bonds is 6. The fourth-order valence-corrected chi connectivity index (χ4v) is 1.60. The number of benzene rings is 1. The Hall–Kier alpha value is -1.31. The molecule has 0 aliphatic heterocycles. The Morgan fingerprint density at radius 1 is 1.29 bits per heavy atom. The second-order valence-corrected chi connectivity index (χ2v) is 4.71. The lowest BCUT2D eigenvalue weighted by Crippen LogP contribution is -2.41. The summed E-state index contributed by atoms with van der Waals surface area (Å²) in [6.07, 6.45) is 1.04. The minimum Gasteiger partial charge on any atom is -0.366 e. The molecule has 0 bridgehead atoms. The van der Waals surface area contributed by atoms with Gasteiger partial charge in [0, 0.05) is 18.2 Å². The molecule has 0 spiro atoms. The molecular weight excluding hydrogens is 379 g/mol. The third kappa shape index (κ3) is 7.31. The first kappa shape index (κ1) is 19.7. The molecule has 0 aliphatic rings. The maximum absolute atomic E-state index is 11.0. The van der Waals surface area contributed by atoms with E-state index in [4.69, 9.17) is 5.73 Å². The summed E-state index contributed by atoms with van der Waals surface area (Å²) in [5.41, 5.74) is 6.76. The van der Waals surface area contributed by atoms with E-state index in [0.717, 1.165) is 24.5 Å². The monoisotopic (exact) mass is 404 g/mol. The van der Waals surface area contributed by atoms with Crippen LogP contribution in [0.2, 0.25) is 0 Å². The van der Waals surface area contributed by atoms with Crippen LogP contribution in [-0.4, -0.2) is 24.5 Å². The molecule has 0 saturated heterocycles. The van der Waals surface area contributed by atoms with Crippen LogP contribution in [0.4, 0.5) is 0 Å². The van der Waals surface area contributed by atoms with Gasteiger partial charge in [-0.25, -0.2) is 4.99 Å². The van der Waals surface area contributed by atoms with Crippen LogP contribution in [0.15, 0.2) is 29.3 Å². The number of hydrogen-bond donors (Lipinski definition) is 3. The topological polar surface area (TPSA) is 79.5 Å². The lowest BCUT2D eigenvalue weighted by atomic mass is 10.1. The van der Waals surface area contributed by atoms with Crippen molar-refractivity contribution in [1.29, 1.82) is 0 Å². The Morgan fingerprint density at radius 3 is 2.38 bits per heavy atom. The Bertz CT molecular complexity index is 459. The standard InChI is InChI=1S/C15H24N4O.HI/c1-4-11(3)19-15(17-5-2)18-10-12-6-8-13(9-7-12)14(16)20;/h6-9,11H,4-5,10H2,1-3H3,(H2,16,20)(H2,17,18,19);1H. The quantitative estimate of drug-likeness (QED) is 0.387. The van der Waals surface area contributed by atoms with Crippen LogP contribution in [0.1, 0.15) is 43.1 Å². The summed E-state index contributed by atoms with van der Waals surface area (Å²) in [6, 6.07) is 7.57. The number of nitrogens with two attached hydrogens (primary N) is 1. The van der Waals surface area contributed by atoms with Crippen molar-refractivity contribution in [3.8, 4) is 0 Å². The first-order valence-electron chi connectivity index (χ1n) is 7.00. The molecule has 0 saturated carbocycles. The minimum absolute atomic E-state index is 0. The third-order valence-corrected chi connectivity index (χ3v) is 3.00. The number of carbonyl (C=O) groups is 1. The lowest BCUT2D eigenvalue weighted by Gasteiger charge is -2.16. The van der Waals surface area contributed by atoms with E-state index < -0.39 is 5.91 Å². The molecule has 1 aromatic rings. The fourth-order valence-electron chi connectivity index (χ4n) is 1.60. The Morgan fingerprint density at radius 2 is 1.90 bits per heavy atom. The van der Waals surface area contributed by atoms with Crippen molar-refractivity contribution < 1.29 is 4.79 Å². The van der Waals surface area contributed by atoms with Gasteiger partial charge in [0.1, 0.15) is 0 Å². The fraction of sp³-hybridized carbons (Fsp3) is 0.467. The molecule has 1 unspecified atom stereocenters. The van der Waals surface area contributed by atoms with Crippen LogP contribution in [0.3, 0.4) is 0 Å². The van der Waals surface area contributed by atoms with Crippen molar-refractivity contribution in [1.82, 2.24) is 10.6 Å². The molecule has 0 fully saturated rings. The number of halogens is 1. The van der Waals surface area contributed by atoms with Gasteiger partial charge < -0.3 is 16.4 Å². The SMILES string of the molecule is CCNC(=NCc1ccc(C(N)=O)cc1)NC(C)CC.I. The zero-order valence-electron chi connectivity index (χ0n) is 12.8. The highest BCUT2D eigenvalue weighted by atomic mass is 127. The van der Waals surface area contributed by atoms with Crippen molar-refractivity contribution in [2.45, 2.75) is 39.8 Å². The third-order valence-electron chi connectivity index (χ3n) is 3.00. The molecule has 4 N–H and O–H groups in total. The molecule has 1 rings (SSSR count). The van der Waals surface area contributed by atoms with Crippen molar-refractivity contribution in [3.63, 3.8) is 0 Å². The molecule has 0 aromatic heterocycles. The van der Waals surface area contributed by atoms with Crippen molar-refractivity contribution in [3.05, 3.63) is 35.4 Å². The van der Waals surface area contributed by atoms with E-state index in [2.05, 4.69) is 29.5 Å². The van der Waals surface area contributed by atoms with Gasteiger partial charge in [0.15, 0.2) is 5.96 Å². The van der Waals surface area contributed by atoms with Gasteiger partial charge in [-0.05, 0) is 38.0 Å². The summed E-state index contributed by atoms with van der Waals surface area (Å²) in [7, 11) is 0. The summed E-state index contributed by atoms with van der Waals surface area (Å²) >= 11 is 0. The molecule has 21 heavy (non-hydrogen) atoms. The van der Waals surface area contributed by atoms with Crippen LogP contribution in [0.25, 0.3) is 0 Å². The van der Waals surface area contributed by atoms with Crippen LogP contribution in [0, 0.1) is 0 Å². The van der Waals surface area contributed by atoms with E-state index in [9.17, 15) is 4.79 Å². The molecule has 0 radical (unpaired) electrons. The summed E-state index contributed by atoms with van der Waals surface area (Å²) in [5, 5.41) is 6.54. The predicted octanol–water partition coefficient (Wildman–Crippen LogP) is 2.26. The zero-order chi connectivity index (χ0) is 15.0. The van der Waals surface area contributed by atoms with Gasteiger partial charge >= 0.3 is 0 Å². The van der Waals surface area contributed by atoms with Crippen LogP contribution in [0.5, 0.6) is 0 Å². The number of nitrogens with one attached hydrogen (secondary N) is 2. The predicted molar refractivity (Wildman–Crippen MR) is 98.1 cm³/mol. The van der Waals surface area contributed by atoms with Crippen molar-refractivity contribution >= 4 is 35.8 Å². The highest BCUT2D eigenvalue weighted by molar-refractivity contribution is 14.0. The normalized spacial score (nSPS) is 12.2. The summed E-state index contributed by atoms with van der Waals surface area (Å²) in [6.45, 7) is 7.67. The van der Waals surface area contributed by atoms with E-state index in [1.165, 1.54) is 0 Å². The van der Waals surface area contributed by atoms with E-state index in [0.29, 0.717) is 18.2 Å². The van der Waals surface area contributed by atoms with E-state index >= 15 is 0 Å². The van der Waals surface area contributed by atoms with Gasteiger partial charge in [-0.1, -0.05) is 19.1 Å². The first-order chi connectivity index (χ1) is 9.56. The molecule has 1 aromatic carbocycles. The molecule has 1 amide bonds. The van der Waals surface area contributed by atoms with Gasteiger partial charge in [-0.2, -0.15) is 0 Å². The highest BCUT2D eigenvalue weighted by Gasteiger charge is 2.03. The van der Waals surface area contributed by atoms with Crippen molar-refractivity contribution in [2.75, 3.05) is 6.54 Å². The van der Waals surface area contributed by atoms with Gasteiger partial charge in [0.2, 0.25) is 5.91 Å². The Balaban J connectivity index is 0.00000400. The maximum Gasteiger partial charge on any atom is 0.248 e. The number of carbonyl (C=O) groups excluding carboxylic acids is 1. The molecule has 0 aliphatic carbocycles. The number of hydrogen-bond acceptors (Lipinski definition) is 2. The minimum atomic E-state index is -0.410. The molecule has 5 nitrogen and oxygen atoms in total. The van der Waals surface area contributed by atoms with E-state index in [-0.39, 0.29) is 24.0 Å². The van der Waals surface area contributed by atoms with Crippen LogP contribution in [-0.2, 0) is 6.54 Å². The van der Waals surface area contributed by atoms with Gasteiger partial charge in [0.05, 0.1) is 6.54 Å². The average molecular weight is 404 g/mol. The number of nitrogens with zero attached hydrogens (tertiary/aromatic N) is 1. The number of primary amides is 1. The lowest BCUT2D eigenvalue weighted by molar-refractivity contribution is 0.100. The number of aliphatic imine (C=N–C) groups is 1. The molecule has 118 valence electrons. The zero-order valence-corrected chi connectivity index (χ0v) is 15.2. The number of amides is 1. The number of guanidine groups is 1. The summed E-state index contributed by atoms with van der Waals surface area (Å²) in [5.74, 6) is 0.396. The first-order valence-corrected chi connectivity index (χ1v) is 7.00. The van der Waals surface area contributed by atoms with Gasteiger partial charge in [0.25, 0.3) is 0 Å². The van der Waals surface area contributed by atoms with Crippen LogP contribution < -0.4 is 16.4 Å². The second kappa shape index (κ2) is 10.4. The molecular formula is C15H25IN4O. The smallest absolute Gasteiger partial charge is 0.248 e. The largest absolute Gasteiger partial charge is 0.366 e. The van der Waals surface area contributed by atoms with Gasteiger partial charge in [-0.3, -0.25) is 4.79 Å².